The highest BCUT2D eigenvalue weighted by Gasteiger charge is 2.20. The van der Waals surface area contributed by atoms with Crippen molar-refractivity contribution >= 4 is 40.8 Å². The molecule has 0 fully saturated rings. The molecule has 0 aliphatic rings. The van der Waals surface area contributed by atoms with Gasteiger partial charge < -0.3 is 10.6 Å². The zero-order valence-corrected chi connectivity index (χ0v) is 17.6. The summed E-state index contributed by atoms with van der Waals surface area (Å²) in [7, 11) is 1.33. The predicted octanol–water partition coefficient (Wildman–Crippen LogP) is 2.40. The number of benzene rings is 2. The van der Waals surface area contributed by atoms with Crippen LogP contribution < -0.4 is 21.9 Å². The van der Waals surface area contributed by atoms with Crippen molar-refractivity contribution in [3.8, 4) is 0 Å². The van der Waals surface area contributed by atoms with E-state index in [9.17, 15) is 24.5 Å². The molecule has 0 spiro atoms. The molecule has 0 radical (unpaired) electrons. The maximum Gasteiger partial charge on any atom is 0.330 e. The number of nitrogens with two attached hydrogens (primary N) is 1. The fourth-order valence-electron chi connectivity index (χ4n) is 2.99. The Bertz CT molecular complexity index is 1330. The molecule has 3 rings (SSSR count). The molecule has 1 heterocycles. The summed E-state index contributed by atoms with van der Waals surface area (Å²) in [5.74, 6) is -0.807. The molecule has 0 unspecified atom stereocenters. The standard InChI is InChI=1S/C21H18ClN5O5/c1-25(17(28)10-8-13-7-9-15(22)16(11-13)27(31)32)18-19(23)26(21(30)24-20(18)29)12-14-5-3-2-4-6-14/h2-11H,12,23H2,1H3,(H,24,29,30)/b10-8+. The Hall–Kier alpha value is -4.18. The summed E-state index contributed by atoms with van der Waals surface area (Å²) in [6, 6.07) is 13.1. The average Bonchev–Trinajstić information content (AvgIpc) is 2.76. The molecule has 11 heteroatoms. The van der Waals surface area contributed by atoms with Crippen LogP contribution in [0.1, 0.15) is 11.1 Å². The first kappa shape index (κ1) is 22.5. The van der Waals surface area contributed by atoms with E-state index in [1.165, 1.54) is 31.3 Å². The van der Waals surface area contributed by atoms with Crippen molar-refractivity contribution in [1.29, 1.82) is 0 Å². The molecule has 2 aromatic carbocycles. The van der Waals surface area contributed by atoms with Crippen LogP contribution in [0.4, 0.5) is 17.2 Å². The fourth-order valence-corrected chi connectivity index (χ4v) is 3.17. The maximum atomic E-state index is 12.6. The number of nitro groups is 1. The van der Waals surface area contributed by atoms with Gasteiger partial charge in [0.2, 0.25) is 0 Å². The summed E-state index contributed by atoms with van der Waals surface area (Å²) in [5.41, 5.74) is 5.20. The lowest BCUT2D eigenvalue weighted by Crippen LogP contribution is -2.39. The third kappa shape index (κ3) is 4.76. The molecule has 1 aromatic heterocycles. The molecule has 164 valence electrons. The zero-order chi connectivity index (χ0) is 23.4. The van der Waals surface area contributed by atoms with E-state index < -0.39 is 22.1 Å². The monoisotopic (exact) mass is 455 g/mol. The molecule has 0 atom stereocenters. The fraction of sp³-hybridized carbons (Fsp3) is 0.0952. The SMILES string of the molecule is CN(C(=O)/C=C/c1ccc(Cl)c([N+](=O)[O-])c1)c1c(N)n(Cc2ccccc2)c(=O)[nH]c1=O. The smallest absolute Gasteiger partial charge is 0.330 e. The van der Waals surface area contributed by atoms with Crippen molar-refractivity contribution in [2.45, 2.75) is 6.54 Å². The Balaban J connectivity index is 1.91. The number of nitro benzene ring substituents is 1. The van der Waals surface area contributed by atoms with Crippen LogP contribution in [-0.2, 0) is 11.3 Å². The number of nitrogen functional groups attached to an aromatic ring is 1. The second kappa shape index (κ2) is 9.31. The Morgan fingerprint density at radius 2 is 1.94 bits per heavy atom. The first-order valence-corrected chi connectivity index (χ1v) is 9.63. The van der Waals surface area contributed by atoms with Gasteiger partial charge in [0.25, 0.3) is 17.2 Å². The zero-order valence-electron chi connectivity index (χ0n) is 16.8. The van der Waals surface area contributed by atoms with Crippen molar-refractivity contribution in [1.82, 2.24) is 9.55 Å². The van der Waals surface area contributed by atoms with E-state index in [4.69, 9.17) is 17.3 Å². The normalized spacial score (nSPS) is 10.9. The molecule has 3 N–H and O–H groups in total. The number of nitrogens with one attached hydrogen (secondary N) is 1. The summed E-state index contributed by atoms with van der Waals surface area (Å²) in [6.45, 7) is 0.0988. The molecule has 1 amide bonds. The number of hydrogen-bond acceptors (Lipinski definition) is 6. The number of amides is 1. The molecule has 0 aliphatic heterocycles. The number of aromatic amines is 1. The van der Waals surface area contributed by atoms with Crippen LogP contribution in [0.2, 0.25) is 5.02 Å². The summed E-state index contributed by atoms with van der Waals surface area (Å²) in [4.78, 5) is 50.9. The van der Waals surface area contributed by atoms with Crippen molar-refractivity contribution in [2.75, 3.05) is 17.7 Å². The average molecular weight is 456 g/mol. The molecule has 0 saturated carbocycles. The van der Waals surface area contributed by atoms with Crippen molar-refractivity contribution < 1.29 is 9.72 Å². The van der Waals surface area contributed by atoms with Crippen molar-refractivity contribution in [3.05, 3.63) is 102 Å². The quantitative estimate of drug-likeness (QED) is 0.331. The summed E-state index contributed by atoms with van der Waals surface area (Å²) in [5, 5.41) is 11.0. The van der Waals surface area contributed by atoms with Crippen LogP contribution in [0.15, 0.2) is 64.2 Å². The second-order valence-electron chi connectivity index (χ2n) is 6.76. The van der Waals surface area contributed by atoms with Gasteiger partial charge in [0.1, 0.15) is 10.8 Å². The van der Waals surface area contributed by atoms with Gasteiger partial charge >= 0.3 is 5.69 Å². The van der Waals surface area contributed by atoms with Crippen molar-refractivity contribution in [2.24, 2.45) is 0 Å². The molecule has 0 bridgehead atoms. The Kier molecular flexibility index (Phi) is 6.55. The lowest BCUT2D eigenvalue weighted by molar-refractivity contribution is -0.384. The highest BCUT2D eigenvalue weighted by molar-refractivity contribution is 6.32. The highest BCUT2D eigenvalue weighted by Crippen LogP contribution is 2.25. The van der Waals surface area contributed by atoms with Gasteiger partial charge in [-0.05, 0) is 23.3 Å². The molecule has 32 heavy (non-hydrogen) atoms. The van der Waals surface area contributed by atoms with Crippen molar-refractivity contribution in [3.63, 3.8) is 0 Å². The summed E-state index contributed by atoms with van der Waals surface area (Å²) in [6.07, 6.45) is 2.46. The minimum absolute atomic E-state index is 0.0319. The van der Waals surface area contributed by atoms with E-state index in [0.29, 0.717) is 5.56 Å². The molecule has 10 nitrogen and oxygen atoms in total. The number of likely N-dealkylation sites (N-methyl/N-ethyl adjacent to an activating group) is 1. The van der Waals surface area contributed by atoms with E-state index >= 15 is 0 Å². The van der Waals surface area contributed by atoms with Gasteiger partial charge in [-0.15, -0.1) is 0 Å². The van der Waals surface area contributed by atoms with Crippen LogP contribution in [0.5, 0.6) is 0 Å². The van der Waals surface area contributed by atoms with E-state index in [2.05, 4.69) is 4.98 Å². The highest BCUT2D eigenvalue weighted by atomic mass is 35.5. The molecular formula is C21H18ClN5O5. The number of rotatable bonds is 6. The predicted molar refractivity (Wildman–Crippen MR) is 122 cm³/mol. The maximum absolute atomic E-state index is 12.6. The van der Waals surface area contributed by atoms with E-state index in [-0.39, 0.29) is 28.8 Å². The molecule has 0 aliphatic carbocycles. The van der Waals surface area contributed by atoms with E-state index in [1.807, 2.05) is 6.07 Å². The molecule has 3 aromatic rings. The lowest BCUT2D eigenvalue weighted by Gasteiger charge is -2.19. The Labute approximate surface area is 186 Å². The van der Waals surface area contributed by atoms with Crippen LogP contribution in [0.3, 0.4) is 0 Å². The number of nitrogens with zero attached hydrogens (tertiary/aromatic N) is 3. The summed E-state index contributed by atoms with van der Waals surface area (Å²) < 4.78 is 1.15. The molecule has 0 saturated heterocycles. The number of carbonyl (C=O) groups is 1. The minimum atomic E-state index is -0.816. The number of halogens is 1. The minimum Gasteiger partial charge on any atom is -0.383 e. The number of aromatic nitrogens is 2. The van der Waals surface area contributed by atoms with E-state index in [1.54, 1.807) is 24.3 Å². The number of H-pyrrole nitrogens is 1. The van der Waals surface area contributed by atoms with Gasteiger partial charge in [0.05, 0.1) is 11.5 Å². The van der Waals surface area contributed by atoms with Gasteiger partial charge in [-0.3, -0.25) is 29.3 Å². The van der Waals surface area contributed by atoms with Gasteiger partial charge in [-0.2, -0.15) is 0 Å². The van der Waals surface area contributed by atoms with Crippen LogP contribution in [0.25, 0.3) is 6.08 Å². The van der Waals surface area contributed by atoms with Crippen LogP contribution in [-0.4, -0.2) is 27.4 Å². The number of carbonyl (C=O) groups excluding carboxylic acids is 1. The van der Waals surface area contributed by atoms with E-state index in [0.717, 1.165) is 21.1 Å². The number of hydrogen-bond donors (Lipinski definition) is 2. The largest absolute Gasteiger partial charge is 0.383 e. The Morgan fingerprint density at radius 1 is 1.25 bits per heavy atom. The molecular weight excluding hydrogens is 438 g/mol. The third-order valence-corrected chi connectivity index (χ3v) is 4.97. The number of anilines is 2. The van der Waals surface area contributed by atoms with Gasteiger partial charge in [-0.25, -0.2) is 4.79 Å². The summed E-state index contributed by atoms with van der Waals surface area (Å²) >= 11 is 5.78. The van der Waals surface area contributed by atoms with Gasteiger partial charge in [0, 0.05) is 19.2 Å². The van der Waals surface area contributed by atoms with Crippen LogP contribution >= 0.6 is 11.6 Å². The third-order valence-electron chi connectivity index (χ3n) is 4.65. The van der Waals surface area contributed by atoms with Gasteiger partial charge in [0.15, 0.2) is 5.69 Å². The lowest BCUT2D eigenvalue weighted by atomic mass is 10.2. The second-order valence-corrected chi connectivity index (χ2v) is 7.17. The first-order valence-electron chi connectivity index (χ1n) is 9.25. The first-order chi connectivity index (χ1) is 15.2. The Morgan fingerprint density at radius 3 is 2.59 bits per heavy atom. The van der Waals surface area contributed by atoms with Crippen LogP contribution in [0, 0.1) is 10.1 Å². The topological polar surface area (TPSA) is 144 Å². The van der Waals surface area contributed by atoms with Gasteiger partial charge in [-0.1, -0.05) is 48.0 Å².